The number of piperidine rings is 1. The third kappa shape index (κ3) is 4.59. The molecule has 32 heavy (non-hydrogen) atoms. The first-order valence-electron chi connectivity index (χ1n) is 11.5. The van der Waals surface area contributed by atoms with E-state index in [0.29, 0.717) is 49.8 Å². The lowest BCUT2D eigenvalue weighted by Gasteiger charge is -2.38. The topological polar surface area (TPSA) is 78.4 Å². The number of aromatic nitrogens is 2. The Balaban J connectivity index is 1.12. The number of likely N-dealkylation sites (tertiary alicyclic amines) is 1. The Kier molecular flexibility index (Phi) is 5.76. The molecule has 3 heterocycles. The molecule has 0 spiro atoms. The number of rotatable bonds is 6. The monoisotopic (exact) mass is 437 g/mol. The molecule has 0 atom stereocenters. The van der Waals surface area contributed by atoms with Crippen molar-refractivity contribution in [3.8, 4) is 0 Å². The molecule has 5 rings (SSSR count). The van der Waals surface area contributed by atoms with Crippen LogP contribution in [0.2, 0.25) is 0 Å². The van der Waals surface area contributed by atoms with Crippen LogP contribution in [0.1, 0.15) is 43.6 Å². The van der Waals surface area contributed by atoms with E-state index >= 15 is 0 Å². The van der Waals surface area contributed by atoms with Crippen LogP contribution in [-0.4, -0.2) is 53.1 Å². The second kappa shape index (κ2) is 8.84. The number of carbonyl (C=O) groups excluding carboxylic acids is 2. The average molecular weight is 438 g/mol. The van der Waals surface area contributed by atoms with Gasteiger partial charge in [-0.2, -0.15) is 5.10 Å². The summed E-state index contributed by atoms with van der Waals surface area (Å²) in [6, 6.07) is 8.65. The molecule has 0 unspecified atom stereocenters. The number of hydrogen-bond acceptors (Lipinski definition) is 5. The van der Waals surface area contributed by atoms with E-state index in [1.807, 2.05) is 21.9 Å². The molecule has 2 aliphatic heterocycles. The molecule has 2 saturated heterocycles. The summed E-state index contributed by atoms with van der Waals surface area (Å²) in [5, 5.41) is 10.7. The number of amides is 2. The molecule has 8 heteroatoms. The van der Waals surface area contributed by atoms with Crippen LogP contribution in [0.5, 0.6) is 0 Å². The molecule has 1 aromatic carbocycles. The van der Waals surface area contributed by atoms with Crippen LogP contribution in [0, 0.1) is 17.7 Å². The van der Waals surface area contributed by atoms with E-state index in [9.17, 15) is 14.0 Å². The zero-order chi connectivity index (χ0) is 22.1. The van der Waals surface area contributed by atoms with E-state index in [0.717, 1.165) is 18.7 Å². The number of benzene rings is 1. The van der Waals surface area contributed by atoms with Crippen molar-refractivity contribution in [2.24, 2.45) is 11.8 Å². The lowest BCUT2D eigenvalue weighted by atomic mass is 9.88. The summed E-state index contributed by atoms with van der Waals surface area (Å²) in [7, 11) is 0. The molecule has 2 amide bonds. The molecule has 7 nitrogen and oxygen atoms in total. The minimum atomic E-state index is -0.291. The van der Waals surface area contributed by atoms with Crippen LogP contribution in [0.25, 0.3) is 0 Å². The molecule has 0 radical (unpaired) electrons. The Morgan fingerprint density at radius 3 is 2.53 bits per heavy atom. The summed E-state index contributed by atoms with van der Waals surface area (Å²) in [5.74, 6) is 1.15. The normalized spacial score (nSPS) is 19.5. The first-order valence-corrected chi connectivity index (χ1v) is 11.5. The van der Waals surface area contributed by atoms with Gasteiger partial charge in [-0.1, -0.05) is 6.07 Å². The smallest absolute Gasteiger partial charge is 0.231 e. The maximum atomic E-state index is 14.8. The first-order chi connectivity index (χ1) is 15.6. The molecule has 3 aliphatic rings. The zero-order valence-corrected chi connectivity index (χ0v) is 18.0. The molecule has 1 saturated carbocycles. The predicted octanol–water partition coefficient (Wildman–Crippen LogP) is 3.20. The lowest BCUT2D eigenvalue weighted by molar-refractivity contribution is -0.132. The summed E-state index contributed by atoms with van der Waals surface area (Å²) in [4.78, 5) is 28.7. The van der Waals surface area contributed by atoms with Crippen LogP contribution in [0.4, 0.5) is 15.9 Å². The van der Waals surface area contributed by atoms with Crippen molar-refractivity contribution in [2.75, 3.05) is 36.4 Å². The van der Waals surface area contributed by atoms with Gasteiger partial charge in [0.05, 0.1) is 5.92 Å². The molecule has 2 aromatic rings. The Morgan fingerprint density at radius 1 is 1.09 bits per heavy atom. The van der Waals surface area contributed by atoms with Crippen molar-refractivity contribution < 1.29 is 14.0 Å². The number of nitrogens with zero attached hydrogens (tertiary/aromatic N) is 4. The highest BCUT2D eigenvalue weighted by Gasteiger charge is 2.34. The highest BCUT2D eigenvalue weighted by Crippen LogP contribution is 2.35. The Labute approximate surface area is 187 Å². The minimum Gasteiger partial charge on any atom is -0.353 e. The van der Waals surface area contributed by atoms with E-state index in [-0.39, 0.29) is 29.5 Å². The zero-order valence-electron chi connectivity index (χ0n) is 18.0. The molecule has 1 N–H and O–H groups in total. The quantitative estimate of drug-likeness (QED) is 0.751. The van der Waals surface area contributed by atoms with E-state index < -0.39 is 0 Å². The molecular formula is C24H28FN5O2. The highest BCUT2D eigenvalue weighted by molar-refractivity contribution is 5.94. The summed E-state index contributed by atoms with van der Waals surface area (Å²) in [6.45, 7) is 2.53. The number of halogens is 1. The van der Waals surface area contributed by atoms with Gasteiger partial charge < -0.3 is 15.1 Å². The van der Waals surface area contributed by atoms with Gasteiger partial charge in [0, 0.05) is 44.5 Å². The third-order valence-electron chi connectivity index (χ3n) is 6.85. The highest BCUT2D eigenvalue weighted by atomic mass is 19.1. The van der Waals surface area contributed by atoms with Crippen LogP contribution in [0.3, 0.4) is 0 Å². The van der Waals surface area contributed by atoms with Crippen LogP contribution in [-0.2, 0) is 9.59 Å². The predicted molar refractivity (Wildman–Crippen MR) is 119 cm³/mol. The molecule has 168 valence electrons. The summed E-state index contributed by atoms with van der Waals surface area (Å²) < 4.78 is 14.8. The number of anilines is 2. The molecule has 1 aliphatic carbocycles. The van der Waals surface area contributed by atoms with Crippen molar-refractivity contribution >= 4 is 23.3 Å². The largest absolute Gasteiger partial charge is 0.353 e. The summed E-state index contributed by atoms with van der Waals surface area (Å²) in [6.07, 6.45) is 6.20. The van der Waals surface area contributed by atoms with Crippen LogP contribution >= 0.6 is 0 Å². The Hall–Kier alpha value is -3.03. The Morgan fingerprint density at radius 2 is 1.88 bits per heavy atom. The van der Waals surface area contributed by atoms with Crippen LogP contribution < -0.4 is 10.2 Å². The van der Waals surface area contributed by atoms with Crippen molar-refractivity contribution in [3.05, 3.63) is 47.9 Å². The standard InChI is InChI=1S/C24H28FN5O2/c25-21-13-19(27-24(32)18-14-30(15-18)22-2-1-9-26-28-22)5-6-20(21)17-7-10-29(11-8-17)23(31)12-16-3-4-16/h1-2,5-6,9,13,16-18H,3-4,7-8,10-12,14-15H2,(H,27,32). The maximum absolute atomic E-state index is 14.8. The van der Waals surface area contributed by atoms with E-state index in [2.05, 4.69) is 15.5 Å². The summed E-state index contributed by atoms with van der Waals surface area (Å²) >= 11 is 0. The van der Waals surface area contributed by atoms with Gasteiger partial charge in [0.1, 0.15) is 5.82 Å². The third-order valence-corrected chi connectivity index (χ3v) is 6.85. The van der Waals surface area contributed by atoms with Crippen molar-refractivity contribution in [1.82, 2.24) is 15.1 Å². The second-order valence-corrected chi connectivity index (χ2v) is 9.21. The fourth-order valence-electron chi connectivity index (χ4n) is 4.61. The average Bonchev–Trinajstić information content (AvgIpc) is 3.58. The molecule has 3 fully saturated rings. The summed E-state index contributed by atoms with van der Waals surface area (Å²) in [5.41, 5.74) is 1.15. The van der Waals surface area contributed by atoms with Crippen molar-refractivity contribution in [1.29, 1.82) is 0 Å². The van der Waals surface area contributed by atoms with Gasteiger partial charge in [0.15, 0.2) is 5.82 Å². The van der Waals surface area contributed by atoms with Gasteiger partial charge in [-0.05, 0) is 67.3 Å². The van der Waals surface area contributed by atoms with E-state index in [1.54, 1.807) is 18.3 Å². The van der Waals surface area contributed by atoms with Gasteiger partial charge in [-0.25, -0.2) is 4.39 Å². The second-order valence-electron chi connectivity index (χ2n) is 9.21. The fraction of sp³-hybridized carbons (Fsp3) is 0.500. The number of hydrogen-bond donors (Lipinski definition) is 1. The van der Waals surface area contributed by atoms with Crippen LogP contribution in [0.15, 0.2) is 36.5 Å². The SMILES string of the molecule is O=C(Nc1ccc(C2CCN(C(=O)CC3CC3)CC2)c(F)c1)C1CN(c2cccnn2)C1. The van der Waals surface area contributed by atoms with Crippen molar-refractivity contribution in [2.45, 2.75) is 38.0 Å². The lowest BCUT2D eigenvalue weighted by Crippen LogP contribution is -2.52. The van der Waals surface area contributed by atoms with Gasteiger partial charge >= 0.3 is 0 Å². The Bertz CT molecular complexity index is 983. The van der Waals surface area contributed by atoms with Gasteiger partial charge in [0.2, 0.25) is 11.8 Å². The molecular weight excluding hydrogens is 409 g/mol. The molecule has 1 aromatic heterocycles. The van der Waals surface area contributed by atoms with Gasteiger partial charge in [-0.3, -0.25) is 9.59 Å². The van der Waals surface area contributed by atoms with Crippen molar-refractivity contribution in [3.63, 3.8) is 0 Å². The number of nitrogens with one attached hydrogen (secondary N) is 1. The minimum absolute atomic E-state index is 0.108. The fourth-order valence-corrected chi connectivity index (χ4v) is 4.61. The molecule has 0 bridgehead atoms. The van der Waals surface area contributed by atoms with Gasteiger partial charge in [0.25, 0.3) is 0 Å². The van der Waals surface area contributed by atoms with E-state index in [1.165, 1.54) is 18.9 Å². The van der Waals surface area contributed by atoms with E-state index in [4.69, 9.17) is 0 Å². The van der Waals surface area contributed by atoms with Gasteiger partial charge in [-0.15, -0.1) is 5.10 Å². The maximum Gasteiger partial charge on any atom is 0.231 e. The first kappa shape index (κ1) is 20.8. The number of carbonyl (C=O) groups is 2.